The van der Waals surface area contributed by atoms with Gasteiger partial charge in [-0.15, -0.1) is 23.1 Å². The first-order chi connectivity index (χ1) is 9.25. The van der Waals surface area contributed by atoms with Gasteiger partial charge in [0.2, 0.25) is 0 Å². The van der Waals surface area contributed by atoms with Gasteiger partial charge in [0.25, 0.3) is 5.91 Å². The van der Waals surface area contributed by atoms with Gasteiger partial charge in [0.15, 0.2) is 0 Å². The molecule has 0 radical (unpaired) electrons. The number of thioether (sulfide) groups is 1. The smallest absolute Gasteiger partial charge is 0.261 e. The average Bonchev–Trinajstić information content (AvgIpc) is 2.91. The Morgan fingerprint density at radius 3 is 2.55 bits per heavy atom. The number of primary amides is 1. The van der Waals surface area contributed by atoms with Crippen molar-refractivity contribution in [1.29, 1.82) is 0 Å². The molecule has 1 fully saturated rings. The molecule has 1 amide bonds. The van der Waals surface area contributed by atoms with Crippen LogP contribution in [-0.2, 0) is 0 Å². The first kappa shape index (κ1) is 15.5. The van der Waals surface area contributed by atoms with E-state index in [1.165, 1.54) is 17.8 Å². The molecule has 1 aromatic heterocycles. The molecular weight excluding hydrogens is 290 g/mol. The Balaban J connectivity index is 2.30. The molecule has 1 unspecified atom stereocenters. The second kappa shape index (κ2) is 5.48. The van der Waals surface area contributed by atoms with Gasteiger partial charge in [-0.3, -0.25) is 4.79 Å². The van der Waals surface area contributed by atoms with Crippen LogP contribution < -0.4 is 16.4 Å². The number of anilines is 2. The summed E-state index contributed by atoms with van der Waals surface area (Å²) in [5.74, 6) is 0.234. The van der Waals surface area contributed by atoms with Crippen molar-refractivity contribution in [3.63, 3.8) is 0 Å². The van der Waals surface area contributed by atoms with Gasteiger partial charge in [0.1, 0.15) is 9.88 Å². The molecule has 6 heteroatoms. The SMILES string of the molecule is CSc1c(N2CCC(C(C)(C)C)C2)sc(C(N)=O)c1N. The Kier molecular flexibility index (Phi) is 4.25. The zero-order valence-corrected chi connectivity index (χ0v) is 14.2. The summed E-state index contributed by atoms with van der Waals surface area (Å²) < 4.78 is 0. The molecule has 0 bridgehead atoms. The monoisotopic (exact) mass is 313 g/mol. The van der Waals surface area contributed by atoms with Crippen molar-refractivity contribution < 1.29 is 4.79 Å². The average molecular weight is 313 g/mol. The van der Waals surface area contributed by atoms with Gasteiger partial charge < -0.3 is 16.4 Å². The fourth-order valence-electron chi connectivity index (χ4n) is 2.66. The minimum Gasteiger partial charge on any atom is -0.396 e. The van der Waals surface area contributed by atoms with Crippen LogP contribution in [0.3, 0.4) is 0 Å². The number of nitrogen functional groups attached to an aromatic ring is 1. The summed E-state index contributed by atoms with van der Waals surface area (Å²) in [5.41, 5.74) is 12.3. The number of amides is 1. The van der Waals surface area contributed by atoms with Crippen LogP contribution in [0.15, 0.2) is 4.90 Å². The van der Waals surface area contributed by atoms with Gasteiger partial charge in [-0.1, -0.05) is 20.8 Å². The second-order valence-corrected chi connectivity index (χ2v) is 8.16. The van der Waals surface area contributed by atoms with Crippen molar-refractivity contribution in [3.8, 4) is 0 Å². The summed E-state index contributed by atoms with van der Waals surface area (Å²) >= 11 is 3.03. The highest BCUT2D eigenvalue weighted by atomic mass is 32.2. The molecule has 4 N–H and O–H groups in total. The second-order valence-electron chi connectivity index (χ2n) is 6.35. The number of nitrogens with two attached hydrogens (primary N) is 2. The van der Waals surface area contributed by atoms with Gasteiger partial charge in [-0.25, -0.2) is 0 Å². The molecule has 1 saturated heterocycles. The van der Waals surface area contributed by atoms with E-state index >= 15 is 0 Å². The Labute approximate surface area is 128 Å². The van der Waals surface area contributed by atoms with Crippen molar-refractivity contribution in [3.05, 3.63) is 4.88 Å². The van der Waals surface area contributed by atoms with Crippen LogP contribution >= 0.6 is 23.1 Å². The maximum atomic E-state index is 11.5. The third kappa shape index (κ3) is 2.76. The molecule has 1 aliphatic heterocycles. The molecular formula is C14H23N3OS2. The largest absolute Gasteiger partial charge is 0.396 e. The Morgan fingerprint density at radius 2 is 2.10 bits per heavy atom. The lowest BCUT2D eigenvalue weighted by molar-refractivity contribution is 0.100. The maximum absolute atomic E-state index is 11.5. The predicted molar refractivity (Wildman–Crippen MR) is 88.8 cm³/mol. The standard InChI is InChI=1S/C14H23N3OS2/c1-14(2,3)8-5-6-17(7-8)13-11(19-4)9(15)10(20-13)12(16)18/h8H,5-7,15H2,1-4H3,(H2,16,18). The molecule has 2 heterocycles. The van der Waals surface area contributed by atoms with Crippen molar-refractivity contribution in [1.82, 2.24) is 0 Å². The topological polar surface area (TPSA) is 72.3 Å². The van der Waals surface area contributed by atoms with Crippen LogP contribution in [-0.4, -0.2) is 25.3 Å². The van der Waals surface area contributed by atoms with Crippen molar-refractivity contribution in [2.45, 2.75) is 32.1 Å². The minimum atomic E-state index is -0.430. The van der Waals surface area contributed by atoms with E-state index in [4.69, 9.17) is 11.5 Å². The van der Waals surface area contributed by atoms with E-state index in [9.17, 15) is 4.79 Å². The van der Waals surface area contributed by atoms with Crippen LogP contribution in [0.5, 0.6) is 0 Å². The quantitative estimate of drug-likeness (QED) is 0.841. The van der Waals surface area contributed by atoms with Gasteiger partial charge >= 0.3 is 0 Å². The van der Waals surface area contributed by atoms with Crippen LogP contribution in [0.2, 0.25) is 0 Å². The van der Waals surface area contributed by atoms with E-state index in [0.717, 1.165) is 23.0 Å². The number of carbonyl (C=O) groups is 1. The highest BCUT2D eigenvalue weighted by molar-refractivity contribution is 7.99. The number of thiophene rings is 1. The van der Waals surface area contributed by atoms with Gasteiger partial charge in [-0.2, -0.15) is 0 Å². The third-order valence-corrected chi connectivity index (χ3v) is 6.24. The van der Waals surface area contributed by atoms with Crippen LogP contribution in [0.4, 0.5) is 10.7 Å². The molecule has 0 aromatic carbocycles. The normalized spacial score (nSPS) is 19.6. The zero-order valence-electron chi connectivity index (χ0n) is 12.5. The van der Waals surface area contributed by atoms with E-state index < -0.39 is 5.91 Å². The van der Waals surface area contributed by atoms with Gasteiger partial charge in [0.05, 0.1) is 10.6 Å². The summed E-state index contributed by atoms with van der Waals surface area (Å²) in [6.45, 7) is 8.90. The molecule has 1 aliphatic rings. The molecule has 112 valence electrons. The highest BCUT2D eigenvalue weighted by Crippen LogP contribution is 2.46. The van der Waals surface area contributed by atoms with Crippen LogP contribution in [0.1, 0.15) is 36.9 Å². The molecule has 1 atom stereocenters. The molecule has 4 nitrogen and oxygen atoms in total. The molecule has 2 rings (SSSR count). The summed E-state index contributed by atoms with van der Waals surface area (Å²) in [6, 6.07) is 0. The van der Waals surface area contributed by atoms with E-state index in [1.807, 2.05) is 6.26 Å². The van der Waals surface area contributed by atoms with Gasteiger partial charge in [-0.05, 0) is 24.0 Å². The summed E-state index contributed by atoms with van der Waals surface area (Å²) in [6.07, 6.45) is 3.17. The van der Waals surface area contributed by atoms with Crippen molar-refractivity contribution in [2.75, 3.05) is 30.0 Å². The van der Waals surface area contributed by atoms with E-state index in [1.54, 1.807) is 11.8 Å². The predicted octanol–water partition coefficient (Wildman–Crippen LogP) is 3.02. The Bertz CT molecular complexity index is 519. The lowest BCUT2D eigenvalue weighted by atomic mass is 9.80. The molecule has 1 aromatic rings. The number of hydrogen-bond acceptors (Lipinski definition) is 5. The Morgan fingerprint density at radius 1 is 1.45 bits per heavy atom. The first-order valence-electron chi connectivity index (χ1n) is 6.76. The molecule has 0 spiro atoms. The summed E-state index contributed by atoms with van der Waals surface area (Å²) in [4.78, 5) is 15.3. The fraction of sp³-hybridized carbons (Fsp3) is 0.643. The van der Waals surface area contributed by atoms with E-state index in [2.05, 4.69) is 25.7 Å². The number of carbonyl (C=O) groups excluding carboxylic acids is 1. The highest BCUT2D eigenvalue weighted by Gasteiger charge is 2.34. The molecule has 0 aliphatic carbocycles. The first-order valence-corrected chi connectivity index (χ1v) is 8.80. The van der Waals surface area contributed by atoms with Gasteiger partial charge in [0, 0.05) is 13.1 Å². The summed E-state index contributed by atoms with van der Waals surface area (Å²) in [5, 5.41) is 1.11. The lowest BCUT2D eigenvalue weighted by Gasteiger charge is -2.27. The number of nitrogens with zero attached hydrogens (tertiary/aromatic N) is 1. The fourth-order valence-corrected chi connectivity index (χ4v) is 4.73. The van der Waals surface area contributed by atoms with E-state index in [0.29, 0.717) is 21.9 Å². The van der Waals surface area contributed by atoms with Crippen molar-refractivity contribution in [2.24, 2.45) is 17.1 Å². The summed E-state index contributed by atoms with van der Waals surface area (Å²) in [7, 11) is 0. The maximum Gasteiger partial charge on any atom is 0.261 e. The van der Waals surface area contributed by atoms with E-state index in [-0.39, 0.29) is 0 Å². The third-order valence-electron chi connectivity index (χ3n) is 4.01. The van der Waals surface area contributed by atoms with Crippen LogP contribution in [0, 0.1) is 11.3 Å². The molecule has 20 heavy (non-hydrogen) atoms. The van der Waals surface area contributed by atoms with Crippen molar-refractivity contribution >= 4 is 39.7 Å². The molecule has 0 saturated carbocycles. The number of hydrogen-bond donors (Lipinski definition) is 2. The zero-order chi connectivity index (χ0) is 15.1. The number of rotatable bonds is 3. The Hall–Kier alpha value is -0.880. The minimum absolute atomic E-state index is 0.309. The van der Waals surface area contributed by atoms with Crippen LogP contribution in [0.25, 0.3) is 0 Å². The lowest BCUT2D eigenvalue weighted by Crippen LogP contribution is -2.25.